The molecule has 0 spiro atoms. The fourth-order valence-corrected chi connectivity index (χ4v) is 1.33. The Morgan fingerprint density at radius 3 is 2.61 bits per heavy atom. The van der Waals surface area contributed by atoms with Gasteiger partial charge in [-0.2, -0.15) is 0 Å². The average molecular weight is 289 g/mol. The number of carboxylic acids is 1. The molecule has 0 saturated heterocycles. The molecule has 5 nitrogen and oxygen atoms in total. The molecular weight excluding hydrogens is 279 g/mol. The van der Waals surface area contributed by atoms with Gasteiger partial charge in [-0.1, -0.05) is 29.8 Å². The summed E-state index contributed by atoms with van der Waals surface area (Å²) in [5.74, 6) is -1.11. The first-order valence-corrected chi connectivity index (χ1v) is 5.56. The molecule has 1 rings (SSSR count). The summed E-state index contributed by atoms with van der Waals surface area (Å²) in [6, 6.07) is 3.44. The molecule has 1 aromatic carbocycles. The summed E-state index contributed by atoms with van der Waals surface area (Å²) in [7, 11) is 0. The van der Waals surface area contributed by atoms with E-state index in [-0.39, 0.29) is 27.9 Å². The van der Waals surface area contributed by atoms with Crippen molar-refractivity contribution >= 4 is 40.9 Å². The molecule has 96 valence electrons. The number of carbonyl (C=O) groups excluding carboxylic acids is 1. The van der Waals surface area contributed by atoms with Crippen LogP contribution in [-0.4, -0.2) is 23.7 Å². The van der Waals surface area contributed by atoms with Gasteiger partial charge in [-0.05, 0) is 18.2 Å². The Balaban J connectivity index is 2.77. The highest BCUT2D eigenvalue weighted by Gasteiger charge is 2.09. The lowest BCUT2D eigenvalue weighted by molar-refractivity contribution is 0.0697. The predicted octanol–water partition coefficient (Wildman–Crippen LogP) is 2.91. The van der Waals surface area contributed by atoms with Crippen LogP contribution >= 0.6 is 23.2 Å². The molecule has 2 amide bonds. The van der Waals surface area contributed by atoms with Gasteiger partial charge in [0.1, 0.15) is 0 Å². The number of amides is 2. The molecule has 0 aliphatic rings. The highest BCUT2D eigenvalue weighted by atomic mass is 35.5. The van der Waals surface area contributed by atoms with E-state index in [1.807, 2.05) is 0 Å². The second kappa shape index (κ2) is 6.28. The zero-order valence-corrected chi connectivity index (χ0v) is 10.7. The maximum absolute atomic E-state index is 11.4. The number of hydrogen-bond acceptors (Lipinski definition) is 2. The quantitative estimate of drug-likeness (QED) is 0.797. The standard InChI is InChI=1S/C11H10Cl2N2O3/c1-6(12)5-14-11(18)15-9-4-7(10(16)17)2-3-8(9)13/h2-4H,1,5H2,(H,16,17)(H2,14,15,18). The number of benzene rings is 1. The van der Waals surface area contributed by atoms with Crippen molar-refractivity contribution in [3.05, 3.63) is 40.4 Å². The lowest BCUT2D eigenvalue weighted by atomic mass is 10.2. The lowest BCUT2D eigenvalue weighted by Crippen LogP contribution is -2.29. The van der Waals surface area contributed by atoms with Crippen LogP contribution in [0, 0.1) is 0 Å². The monoisotopic (exact) mass is 288 g/mol. The van der Waals surface area contributed by atoms with Crippen LogP contribution in [0.5, 0.6) is 0 Å². The maximum atomic E-state index is 11.4. The van der Waals surface area contributed by atoms with E-state index in [0.717, 1.165) is 0 Å². The molecule has 0 aliphatic carbocycles. The fourth-order valence-electron chi connectivity index (χ4n) is 1.10. The van der Waals surface area contributed by atoms with Gasteiger partial charge >= 0.3 is 12.0 Å². The van der Waals surface area contributed by atoms with Gasteiger partial charge < -0.3 is 15.7 Å². The van der Waals surface area contributed by atoms with Gasteiger partial charge in [-0.3, -0.25) is 0 Å². The Morgan fingerprint density at radius 1 is 1.39 bits per heavy atom. The van der Waals surface area contributed by atoms with Crippen molar-refractivity contribution in [1.82, 2.24) is 5.32 Å². The molecule has 0 saturated carbocycles. The number of halogens is 2. The fraction of sp³-hybridized carbons (Fsp3) is 0.0909. The van der Waals surface area contributed by atoms with Crippen LogP contribution in [0.4, 0.5) is 10.5 Å². The van der Waals surface area contributed by atoms with Gasteiger partial charge in [-0.15, -0.1) is 0 Å². The molecule has 0 fully saturated rings. The van der Waals surface area contributed by atoms with Crippen LogP contribution < -0.4 is 10.6 Å². The number of hydrogen-bond donors (Lipinski definition) is 3. The largest absolute Gasteiger partial charge is 0.478 e. The van der Waals surface area contributed by atoms with Crippen LogP contribution in [0.3, 0.4) is 0 Å². The van der Waals surface area contributed by atoms with Gasteiger partial charge in [0.25, 0.3) is 0 Å². The Kier molecular flexibility index (Phi) is 5.00. The Labute approximate surface area is 113 Å². The van der Waals surface area contributed by atoms with Crippen LogP contribution in [0.1, 0.15) is 10.4 Å². The van der Waals surface area contributed by atoms with Gasteiger partial charge in [0.15, 0.2) is 0 Å². The Hall–Kier alpha value is -1.72. The number of urea groups is 1. The Bertz CT molecular complexity index is 503. The summed E-state index contributed by atoms with van der Waals surface area (Å²) in [6.45, 7) is 3.51. The third-order valence-electron chi connectivity index (χ3n) is 1.90. The molecule has 18 heavy (non-hydrogen) atoms. The van der Waals surface area contributed by atoms with E-state index in [9.17, 15) is 9.59 Å². The minimum Gasteiger partial charge on any atom is -0.478 e. The zero-order valence-electron chi connectivity index (χ0n) is 9.17. The van der Waals surface area contributed by atoms with E-state index in [2.05, 4.69) is 17.2 Å². The first-order chi connectivity index (χ1) is 8.40. The van der Waals surface area contributed by atoms with E-state index in [0.29, 0.717) is 0 Å². The molecule has 0 aromatic heterocycles. The lowest BCUT2D eigenvalue weighted by Gasteiger charge is -2.09. The number of nitrogens with one attached hydrogen (secondary N) is 2. The number of carbonyl (C=O) groups is 2. The summed E-state index contributed by atoms with van der Waals surface area (Å²) >= 11 is 11.3. The van der Waals surface area contributed by atoms with Crippen LogP contribution in [0.25, 0.3) is 0 Å². The third-order valence-corrected chi connectivity index (χ3v) is 2.37. The zero-order chi connectivity index (χ0) is 13.7. The van der Waals surface area contributed by atoms with Crippen molar-refractivity contribution in [2.45, 2.75) is 0 Å². The third kappa shape index (κ3) is 4.27. The molecular formula is C11H10Cl2N2O3. The van der Waals surface area contributed by atoms with E-state index in [1.165, 1.54) is 18.2 Å². The van der Waals surface area contributed by atoms with Crippen molar-refractivity contribution in [1.29, 1.82) is 0 Å². The second-order valence-electron chi connectivity index (χ2n) is 3.32. The first kappa shape index (κ1) is 14.3. The summed E-state index contributed by atoms with van der Waals surface area (Å²) in [5, 5.41) is 14.2. The van der Waals surface area contributed by atoms with Gasteiger partial charge in [-0.25, -0.2) is 9.59 Å². The molecule has 0 aliphatic heterocycles. The predicted molar refractivity (Wildman–Crippen MR) is 70.4 cm³/mol. The van der Waals surface area contributed by atoms with Crippen molar-refractivity contribution in [2.75, 3.05) is 11.9 Å². The summed E-state index contributed by atoms with van der Waals surface area (Å²) in [4.78, 5) is 22.2. The van der Waals surface area contributed by atoms with Crippen LogP contribution in [0.2, 0.25) is 5.02 Å². The molecule has 1 aromatic rings. The Morgan fingerprint density at radius 2 is 2.06 bits per heavy atom. The van der Waals surface area contributed by atoms with E-state index in [4.69, 9.17) is 28.3 Å². The van der Waals surface area contributed by atoms with E-state index >= 15 is 0 Å². The first-order valence-electron chi connectivity index (χ1n) is 4.81. The number of carboxylic acid groups (broad SMARTS) is 1. The van der Waals surface area contributed by atoms with Crippen LogP contribution in [-0.2, 0) is 0 Å². The van der Waals surface area contributed by atoms with Crippen molar-refractivity contribution in [3.8, 4) is 0 Å². The molecule has 0 radical (unpaired) electrons. The number of anilines is 1. The second-order valence-corrected chi connectivity index (χ2v) is 4.27. The van der Waals surface area contributed by atoms with Crippen LogP contribution in [0.15, 0.2) is 29.8 Å². The highest BCUT2D eigenvalue weighted by molar-refractivity contribution is 6.33. The normalized spacial score (nSPS) is 9.67. The average Bonchev–Trinajstić information content (AvgIpc) is 2.29. The number of rotatable bonds is 4. The topological polar surface area (TPSA) is 78.4 Å². The number of aromatic carboxylic acids is 1. The van der Waals surface area contributed by atoms with Crippen molar-refractivity contribution < 1.29 is 14.7 Å². The van der Waals surface area contributed by atoms with E-state index < -0.39 is 12.0 Å². The molecule has 0 bridgehead atoms. The van der Waals surface area contributed by atoms with Crippen molar-refractivity contribution in [3.63, 3.8) is 0 Å². The molecule has 3 N–H and O–H groups in total. The molecule has 0 unspecified atom stereocenters. The minimum atomic E-state index is -1.11. The van der Waals surface area contributed by atoms with Gasteiger partial charge in [0.2, 0.25) is 0 Å². The molecule has 0 heterocycles. The van der Waals surface area contributed by atoms with Crippen molar-refractivity contribution in [2.24, 2.45) is 0 Å². The molecule has 0 atom stereocenters. The highest BCUT2D eigenvalue weighted by Crippen LogP contribution is 2.22. The summed E-state index contributed by atoms with van der Waals surface area (Å²) < 4.78 is 0. The smallest absolute Gasteiger partial charge is 0.335 e. The van der Waals surface area contributed by atoms with E-state index in [1.54, 1.807) is 0 Å². The SMILES string of the molecule is C=C(Cl)CNC(=O)Nc1cc(C(=O)O)ccc1Cl. The van der Waals surface area contributed by atoms with Gasteiger partial charge in [0.05, 0.1) is 22.8 Å². The summed E-state index contributed by atoms with van der Waals surface area (Å²) in [5.41, 5.74) is 0.228. The summed E-state index contributed by atoms with van der Waals surface area (Å²) in [6.07, 6.45) is 0. The minimum absolute atomic E-state index is 0.0245. The van der Waals surface area contributed by atoms with Gasteiger partial charge in [0, 0.05) is 5.03 Å². The molecule has 7 heteroatoms. The maximum Gasteiger partial charge on any atom is 0.335 e.